The van der Waals surface area contributed by atoms with Crippen molar-refractivity contribution in [3.8, 4) is 0 Å². The lowest BCUT2D eigenvalue weighted by molar-refractivity contribution is -0.141. The van der Waals surface area contributed by atoms with Gasteiger partial charge in [0.15, 0.2) is 0 Å². The molecule has 0 saturated heterocycles. The molecule has 0 radical (unpaired) electrons. The van der Waals surface area contributed by atoms with Gasteiger partial charge in [0, 0.05) is 25.6 Å². The Morgan fingerprint density at radius 2 is 1.61 bits per heavy atom. The molecule has 0 unspecified atom stereocenters. The lowest BCUT2D eigenvalue weighted by atomic mass is 9.95. The summed E-state index contributed by atoms with van der Waals surface area (Å²) in [7, 11) is -3.55. The van der Waals surface area contributed by atoms with Gasteiger partial charge in [-0.2, -0.15) is 0 Å². The lowest BCUT2D eigenvalue weighted by Gasteiger charge is -2.31. The van der Waals surface area contributed by atoms with Crippen LogP contribution in [0.1, 0.15) is 69.9 Å². The van der Waals surface area contributed by atoms with Crippen LogP contribution in [0.15, 0.2) is 48.5 Å². The molecule has 2 aromatic carbocycles. The van der Waals surface area contributed by atoms with Gasteiger partial charge in [0.05, 0.1) is 11.9 Å². The Morgan fingerprint density at radius 1 is 1.00 bits per heavy atom. The number of halogens is 1. The van der Waals surface area contributed by atoms with Gasteiger partial charge >= 0.3 is 0 Å². The number of sulfonamides is 1. The van der Waals surface area contributed by atoms with E-state index in [1.807, 2.05) is 19.1 Å². The monoisotopic (exact) mass is 545 g/mol. The van der Waals surface area contributed by atoms with Crippen molar-refractivity contribution in [1.29, 1.82) is 0 Å². The number of amides is 2. The number of nitrogens with zero attached hydrogens (tertiary/aromatic N) is 2. The average molecular weight is 546 g/mol. The molecule has 1 aliphatic rings. The molecule has 38 heavy (non-hydrogen) atoms. The van der Waals surface area contributed by atoms with Gasteiger partial charge in [-0.15, -0.1) is 0 Å². The molecule has 0 aromatic heterocycles. The highest BCUT2D eigenvalue weighted by molar-refractivity contribution is 7.92. The van der Waals surface area contributed by atoms with Crippen LogP contribution < -0.4 is 9.62 Å². The van der Waals surface area contributed by atoms with E-state index in [2.05, 4.69) is 5.32 Å². The maximum atomic E-state index is 13.5. The molecule has 2 amide bonds. The van der Waals surface area contributed by atoms with Gasteiger partial charge in [-0.25, -0.2) is 12.8 Å². The highest BCUT2D eigenvalue weighted by Crippen LogP contribution is 2.21. The van der Waals surface area contributed by atoms with Gasteiger partial charge in [0.1, 0.15) is 11.9 Å². The van der Waals surface area contributed by atoms with Crippen LogP contribution in [0.5, 0.6) is 0 Å². The van der Waals surface area contributed by atoms with E-state index >= 15 is 0 Å². The zero-order valence-corrected chi connectivity index (χ0v) is 23.5. The van der Waals surface area contributed by atoms with Crippen molar-refractivity contribution >= 4 is 27.5 Å². The zero-order chi connectivity index (χ0) is 27.7. The number of rotatable bonds is 12. The van der Waals surface area contributed by atoms with Gasteiger partial charge in [-0.05, 0) is 68.0 Å². The number of benzene rings is 2. The third-order valence-corrected chi connectivity index (χ3v) is 8.36. The van der Waals surface area contributed by atoms with E-state index in [-0.39, 0.29) is 49.6 Å². The molecule has 7 nitrogen and oxygen atoms in total. The van der Waals surface area contributed by atoms with E-state index in [9.17, 15) is 22.4 Å². The molecule has 1 N–H and O–H groups in total. The molecular formula is C29H40FN3O4S. The first kappa shape index (κ1) is 29.6. The van der Waals surface area contributed by atoms with Crippen LogP contribution in [0, 0.1) is 5.82 Å². The maximum absolute atomic E-state index is 13.5. The molecule has 1 atom stereocenters. The summed E-state index contributed by atoms with van der Waals surface area (Å²) in [5.74, 6) is -0.834. The van der Waals surface area contributed by atoms with Gasteiger partial charge < -0.3 is 10.2 Å². The highest BCUT2D eigenvalue weighted by Gasteiger charge is 2.28. The van der Waals surface area contributed by atoms with Crippen molar-refractivity contribution in [2.24, 2.45) is 0 Å². The molecular weight excluding hydrogens is 505 g/mol. The van der Waals surface area contributed by atoms with Gasteiger partial charge in [0.2, 0.25) is 21.8 Å². The summed E-state index contributed by atoms with van der Waals surface area (Å²) in [6.45, 7) is 4.04. The summed E-state index contributed by atoms with van der Waals surface area (Å²) in [6.07, 6.45) is 7.57. The second-order valence-corrected chi connectivity index (χ2v) is 12.0. The van der Waals surface area contributed by atoms with E-state index in [1.54, 1.807) is 31.2 Å². The Morgan fingerprint density at radius 3 is 2.18 bits per heavy atom. The highest BCUT2D eigenvalue weighted by atomic mass is 32.2. The van der Waals surface area contributed by atoms with E-state index in [0.717, 1.165) is 43.9 Å². The normalized spacial score (nSPS) is 15.1. The molecule has 0 aliphatic heterocycles. The third-order valence-electron chi connectivity index (χ3n) is 7.17. The lowest BCUT2D eigenvalue weighted by Crippen LogP contribution is -2.50. The second kappa shape index (κ2) is 13.7. The van der Waals surface area contributed by atoms with Crippen molar-refractivity contribution in [2.45, 2.75) is 83.8 Å². The topological polar surface area (TPSA) is 86.8 Å². The van der Waals surface area contributed by atoms with Crippen LogP contribution in [0.3, 0.4) is 0 Å². The summed E-state index contributed by atoms with van der Waals surface area (Å²) >= 11 is 0. The Labute approximate surface area is 226 Å². The van der Waals surface area contributed by atoms with Gasteiger partial charge in [-0.1, -0.05) is 50.5 Å². The predicted octanol–water partition coefficient (Wildman–Crippen LogP) is 4.80. The van der Waals surface area contributed by atoms with Crippen LogP contribution >= 0.6 is 0 Å². The van der Waals surface area contributed by atoms with E-state index in [4.69, 9.17) is 0 Å². The third kappa shape index (κ3) is 8.55. The van der Waals surface area contributed by atoms with Crippen LogP contribution in [0.2, 0.25) is 0 Å². The summed E-state index contributed by atoms with van der Waals surface area (Å²) < 4.78 is 39.8. The molecule has 208 valence electrons. The number of carbonyl (C=O) groups excluding carboxylic acids is 2. The number of hydrogen-bond donors (Lipinski definition) is 1. The summed E-state index contributed by atoms with van der Waals surface area (Å²) in [4.78, 5) is 28.0. The summed E-state index contributed by atoms with van der Waals surface area (Å²) in [5, 5.41) is 3.09. The number of nitrogens with one attached hydrogen (secondary N) is 1. The average Bonchev–Trinajstić information content (AvgIpc) is 2.90. The largest absolute Gasteiger partial charge is 0.352 e. The maximum Gasteiger partial charge on any atom is 0.242 e. The quantitative estimate of drug-likeness (QED) is 0.415. The van der Waals surface area contributed by atoms with E-state index in [1.165, 1.54) is 27.8 Å². The van der Waals surface area contributed by atoms with Crippen molar-refractivity contribution < 1.29 is 22.4 Å². The second-order valence-electron chi connectivity index (χ2n) is 10.1. The van der Waals surface area contributed by atoms with Crippen molar-refractivity contribution in [3.63, 3.8) is 0 Å². The van der Waals surface area contributed by atoms with Crippen molar-refractivity contribution in [3.05, 3.63) is 65.5 Å². The molecule has 3 rings (SSSR count). The van der Waals surface area contributed by atoms with E-state index < -0.39 is 16.1 Å². The molecule has 2 aromatic rings. The molecule has 0 heterocycles. The number of carbonyl (C=O) groups is 2. The number of hydrogen-bond acceptors (Lipinski definition) is 4. The summed E-state index contributed by atoms with van der Waals surface area (Å²) in [5.41, 5.74) is 2.38. The van der Waals surface area contributed by atoms with Gasteiger partial charge in [-0.3, -0.25) is 13.9 Å². The summed E-state index contributed by atoms with van der Waals surface area (Å²) in [6, 6.07) is 12.6. The predicted molar refractivity (Wildman–Crippen MR) is 149 cm³/mol. The minimum Gasteiger partial charge on any atom is -0.352 e. The SMILES string of the molecule is CCc1ccc(N(CCCC(=O)N(Cc2ccc(F)cc2)[C@@H](C)C(=O)NC2CCCCC2)S(C)(=O)=O)cc1. The fraction of sp³-hybridized carbons (Fsp3) is 0.517. The minimum atomic E-state index is -3.55. The number of anilines is 1. The molecule has 0 bridgehead atoms. The Hall–Kier alpha value is -2.94. The molecule has 1 fully saturated rings. The fourth-order valence-electron chi connectivity index (χ4n) is 4.84. The van der Waals surface area contributed by atoms with Gasteiger partial charge in [0.25, 0.3) is 0 Å². The first-order valence-corrected chi connectivity index (χ1v) is 15.3. The Kier molecular flexibility index (Phi) is 10.7. The molecule has 1 aliphatic carbocycles. The van der Waals surface area contributed by atoms with Crippen LogP contribution in [0.4, 0.5) is 10.1 Å². The fourth-order valence-corrected chi connectivity index (χ4v) is 5.81. The molecule has 9 heteroatoms. The smallest absolute Gasteiger partial charge is 0.242 e. The van der Waals surface area contributed by atoms with Crippen molar-refractivity contribution in [2.75, 3.05) is 17.1 Å². The molecule has 1 saturated carbocycles. The Balaban J connectivity index is 1.70. The van der Waals surface area contributed by atoms with Crippen LogP contribution in [-0.2, 0) is 32.6 Å². The molecule has 0 spiro atoms. The first-order chi connectivity index (χ1) is 18.1. The standard InChI is InChI=1S/C29H40FN3O4S/c1-4-23-14-18-27(19-15-23)33(38(3,36)37)20-8-11-28(34)32(21-24-12-16-25(30)17-13-24)22(2)29(35)31-26-9-6-5-7-10-26/h12-19,22,26H,4-11,20-21H2,1-3H3,(H,31,35)/t22-/m0/s1. The van der Waals surface area contributed by atoms with Crippen molar-refractivity contribution in [1.82, 2.24) is 10.2 Å². The Bertz CT molecular complexity index is 1160. The first-order valence-electron chi connectivity index (χ1n) is 13.5. The number of aryl methyl sites for hydroxylation is 1. The minimum absolute atomic E-state index is 0.0707. The van der Waals surface area contributed by atoms with E-state index in [0.29, 0.717) is 11.3 Å². The zero-order valence-electron chi connectivity index (χ0n) is 22.7. The van der Waals surface area contributed by atoms with Crippen LogP contribution in [0.25, 0.3) is 0 Å². The van der Waals surface area contributed by atoms with Crippen LogP contribution in [-0.4, -0.2) is 50.0 Å².